The van der Waals surface area contributed by atoms with Crippen LogP contribution in [0.15, 0.2) is 9.70 Å². The number of methoxy groups -OCH3 is 1. The zero-order chi connectivity index (χ0) is 21.8. The molecule has 2 fully saturated rings. The van der Waals surface area contributed by atoms with Gasteiger partial charge < -0.3 is 14.4 Å². The van der Waals surface area contributed by atoms with Gasteiger partial charge in [-0.1, -0.05) is 24.0 Å². The van der Waals surface area contributed by atoms with Gasteiger partial charge in [-0.15, -0.1) is 0 Å². The molecule has 0 aromatic carbocycles. The Hall–Kier alpha value is -2.19. The Balaban J connectivity index is 2.17. The minimum absolute atomic E-state index is 0.0926. The number of carbonyl (C=O) groups excluding carboxylic acids is 1. The lowest BCUT2D eigenvalue weighted by atomic mass is 10.0. The monoisotopic (exact) mass is 448 g/mol. The number of morpholine rings is 1. The van der Waals surface area contributed by atoms with Gasteiger partial charge in [0.15, 0.2) is 0 Å². The summed E-state index contributed by atoms with van der Waals surface area (Å²) in [6.45, 7) is 7.15. The molecule has 2 aliphatic heterocycles. The molecular weight excluding hydrogens is 424 g/mol. The molecule has 2 saturated heterocycles. The van der Waals surface area contributed by atoms with Crippen molar-refractivity contribution >= 4 is 46.1 Å². The summed E-state index contributed by atoms with van der Waals surface area (Å²) < 4.78 is 12.6. The Morgan fingerprint density at radius 3 is 2.63 bits per heavy atom. The number of rotatable bonds is 6. The highest BCUT2D eigenvalue weighted by Gasteiger charge is 2.33. The van der Waals surface area contributed by atoms with Crippen molar-refractivity contribution in [2.45, 2.75) is 20.4 Å². The summed E-state index contributed by atoms with van der Waals surface area (Å²) in [5.74, 6) is 0.520. The molecule has 0 spiro atoms. The highest BCUT2D eigenvalue weighted by atomic mass is 32.2. The Morgan fingerprint density at radius 1 is 1.33 bits per heavy atom. The molecule has 0 N–H and O–H groups in total. The largest absolute Gasteiger partial charge is 0.383 e. The number of thiocarbonyl (C=S) groups is 1. The van der Waals surface area contributed by atoms with E-state index in [0.717, 1.165) is 0 Å². The van der Waals surface area contributed by atoms with Gasteiger partial charge in [0.05, 0.1) is 31.3 Å². The lowest BCUT2D eigenvalue weighted by Crippen LogP contribution is -2.41. The van der Waals surface area contributed by atoms with E-state index in [1.54, 1.807) is 24.7 Å². The van der Waals surface area contributed by atoms with Crippen molar-refractivity contribution < 1.29 is 14.3 Å². The summed E-state index contributed by atoms with van der Waals surface area (Å²) in [6, 6.07) is 2.04. The molecule has 0 aliphatic carbocycles. The molecule has 0 unspecified atom stereocenters. The molecule has 3 rings (SSSR count). The quantitative estimate of drug-likeness (QED) is 0.480. The normalized spacial score (nSPS) is 18.4. The number of ether oxygens (including phenoxy) is 2. The maximum Gasteiger partial charge on any atom is 0.270 e. The first-order valence-corrected chi connectivity index (χ1v) is 10.9. The third-order valence-electron chi connectivity index (χ3n) is 5.14. The highest BCUT2D eigenvalue weighted by molar-refractivity contribution is 8.26. The number of amides is 1. The third kappa shape index (κ3) is 4.16. The van der Waals surface area contributed by atoms with Gasteiger partial charge in [-0.25, -0.2) is 0 Å². The van der Waals surface area contributed by atoms with Crippen LogP contribution < -0.4 is 10.5 Å². The van der Waals surface area contributed by atoms with Crippen LogP contribution >= 0.6 is 24.0 Å². The Kier molecular flexibility index (Phi) is 7.31. The molecule has 3 heterocycles. The SMILES string of the molecule is CCn1c(N2CCOCC2)c(/C=C2\SC(=S)N(CCOC)C2=O)c(C)c(C#N)c1=O. The van der Waals surface area contributed by atoms with Crippen molar-refractivity contribution in [1.29, 1.82) is 5.26 Å². The summed E-state index contributed by atoms with van der Waals surface area (Å²) in [7, 11) is 1.57. The first-order chi connectivity index (χ1) is 14.4. The molecule has 2 aliphatic rings. The van der Waals surface area contributed by atoms with E-state index < -0.39 is 0 Å². The number of anilines is 1. The maximum absolute atomic E-state index is 12.9. The molecule has 1 aromatic rings. The number of carbonyl (C=O) groups is 1. The standard InChI is InChI=1S/C20H24N4O4S2/c1-4-23-17(22-5-9-28-10-6-22)14(13(2)15(12-21)18(23)25)11-16-19(26)24(7-8-27-3)20(29)30-16/h11H,4-10H2,1-3H3/b16-11-. The smallest absolute Gasteiger partial charge is 0.270 e. The summed E-state index contributed by atoms with van der Waals surface area (Å²) in [6.07, 6.45) is 1.76. The fourth-order valence-electron chi connectivity index (χ4n) is 3.56. The molecule has 160 valence electrons. The van der Waals surface area contributed by atoms with E-state index in [4.69, 9.17) is 21.7 Å². The summed E-state index contributed by atoms with van der Waals surface area (Å²) in [5.41, 5.74) is 1.04. The van der Waals surface area contributed by atoms with E-state index in [2.05, 4.69) is 4.90 Å². The number of aromatic nitrogens is 1. The molecule has 0 atom stereocenters. The van der Waals surface area contributed by atoms with Crippen molar-refractivity contribution in [2.24, 2.45) is 0 Å². The van der Waals surface area contributed by atoms with Gasteiger partial charge in [-0.05, 0) is 25.5 Å². The molecule has 30 heavy (non-hydrogen) atoms. The van der Waals surface area contributed by atoms with E-state index in [-0.39, 0.29) is 17.0 Å². The maximum atomic E-state index is 12.9. The number of thioether (sulfide) groups is 1. The second kappa shape index (κ2) is 9.75. The second-order valence-corrected chi connectivity index (χ2v) is 8.50. The number of nitriles is 1. The fraction of sp³-hybridized carbons (Fsp3) is 0.500. The Labute approximate surface area is 185 Å². The van der Waals surface area contributed by atoms with Gasteiger partial charge in [0.2, 0.25) is 0 Å². The van der Waals surface area contributed by atoms with Crippen LogP contribution in [0, 0.1) is 18.3 Å². The van der Waals surface area contributed by atoms with Gasteiger partial charge >= 0.3 is 0 Å². The number of nitrogens with zero attached hydrogens (tertiary/aromatic N) is 4. The first kappa shape index (κ1) is 22.5. The van der Waals surface area contributed by atoms with Crippen LogP contribution in [-0.2, 0) is 20.8 Å². The number of pyridine rings is 1. The minimum atomic E-state index is -0.316. The van der Waals surface area contributed by atoms with E-state index >= 15 is 0 Å². The summed E-state index contributed by atoms with van der Waals surface area (Å²) >= 11 is 6.59. The van der Waals surface area contributed by atoms with E-state index in [1.165, 1.54) is 16.7 Å². The van der Waals surface area contributed by atoms with Crippen LogP contribution in [0.4, 0.5) is 5.82 Å². The van der Waals surface area contributed by atoms with Gasteiger partial charge in [0, 0.05) is 32.3 Å². The molecule has 1 aromatic heterocycles. The molecule has 1 amide bonds. The van der Waals surface area contributed by atoms with Crippen LogP contribution in [-0.4, -0.2) is 66.3 Å². The fourth-order valence-corrected chi connectivity index (χ4v) is 4.85. The highest BCUT2D eigenvalue weighted by Crippen LogP contribution is 2.35. The van der Waals surface area contributed by atoms with Crippen molar-refractivity contribution in [3.05, 3.63) is 31.9 Å². The molecule has 0 bridgehead atoms. The zero-order valence-electron chi connectivity index (χ0n) is 17.3. The third-order valence-corrected chi connectivity index (χ3v) is 6.52. The number of hydrogen-bond donors (Lipinski definition) is 0. The van der Waals surface area contributed by atoms with Gasteiger partial charge in [-0.3, -0.25) is 19.1 Å². The van der Waals surface area contributed by atoms with Crippen LogP contribution in [0.2, 0.25) is 0 Å². The minimum Gasteiger partial charge on any atom is -0.383 e. The molecular formula is C20H24N4O4S2. The lowest BCUT2D eigenvalue weighted by Gasteiger charge is -2.33. The van der Waals surface area contributed by atoms with E-state index in [9.17, 15) is 14.9 Å². The van der Waals surface area contributed by atoms with Crippen LogP contribution in [0.25, 0.3) is 6.08 Å². The van der Waals surface area contributed by atoms with Crippen molar-refractivity contribution in [3.8, 4) is 6.07 Å². The van der Waals surface area contributed by atoms with Gasteiger partial charge in [0.25, 0.3) is 11.5 Å². The van der Waals surface area contributed by atoms with Crippen LogP contribution in [0.5, 0.6) is 0 Å². The Morgan fingerprint density at radius 2 is 2.03 bits per heavy atom. The van der Waals surface area contributed by atoms with Gasteiger partial charge in [-0.2, -0.15) is 5.26 Å². The van der Waals surface area contributed by atoms with E-state index in [1.807, 2.05) is 13.0 Å². The van der Waals surface area contributed by atoms with Crippen LogP contribution in [0.1, 0.15) is 23.6 Å². The predicted molar refractivity (Wildman–Crippen MR) is 121 cm³/mol. The zero-order valence-corrected chi connectivity index (χ0v) is 18.9. The first-order valence-electron chi connectivity index (χ1n) is 9.69. The number of hydrogen-bond acceptors (Lipinski definition) is 8. The van der Waals surface area contributed by atoms with Crippen LogP contribution in [0.3, 0.4) is 0 Å². The molecule has 8 nitrogen and oxygen atoms in total. The predicted octanol–water partition coefficient (Wildman–Crippen LogP) is 1.73. The van der Waals surface area contributed by atoms with Crippen molar-refractivity contribution in [1.82, 2.24) is 9.47 Å². The van der Waals surface area contributed by atoms with Crippen molar-refractivity contribution in [3.63, 3.8) is 0 Å². The summed E-state index contributed by atoms with van der Waals surface area (Å²) in [4.78, 5) is 29.9. The average molecular weight is 449 g/mol. The Bertz CT molecular complexity index is 990. The second-order valence-electron chi connectivity index (χ2n) is 6.82. The lowest BCUT2D eigenvalue weighted by molar-refractivity contribution is -0.122. The van der Waals surface area contributed by atoms with Gasteiger partial charge in [0.1, 0.15) is 21.8 Å². The van der Waals surface area contributed by atoms with E-state index in [0.29, 0.717) is 72.2 Å². The topological polar surface area (TPSA) is 87.8 Å². The molecule has 0 saturated carbocycles. The van der Waals surface area contributed by atoms with Crippen molar-refractivity contribution in [2.75, 3.05) is 51.5 Å². The molecule has 0 radical (unpaired) electrons. The average Bonchev–Trinajstić information content (AvgIpc) is 3.01. The molecule has 10 heteroatoms. The summed E-state index contributed by atoms with van der Waals surface area (Å²) in [5, 5.41) is 9.61.